The van der Waals surface area contributed by atoms with Crippen molar-refractivity contribution in [2.24, 2.45) is 5.92 Å². The Hall–Kier alpha value is -1.97. The summed E-state index contributed by atoms with van der Waals surface area (Å²) >= 11 is 0. The maximum absolute atomic E-state index is 12.6. The van der Waals surface area contributed by atoms with E-state index in [-0.39, 0.29) is 23.3 Å². The summed E-state index contributed by atoms with van der Waals surface area (Å²) in [5, 5.41) is 8.71. The molecule has 27 heavy (non-hydrogen) atoms. The molecule has 3 N–H and O–H groups in total. The van der Waals surface area contributed by atoms with E-state index in [1.807, 2.05) is 0 Å². The fraction of sp³-hybridized carbons (Fsp3) is 0.556. The number of nitrogens with zero attached hydrogens (tertiary/aromatic N) is 1. The third kappa shape index (κ3) is 6.60. The molecule has 1 atom stereocenters. The number of nitrogens with one attached hydrogen (secondary N) is 3. The van der Waals surface area contributed by atoms with Gasteiger partial charge >= 0.3 is 0 Å². The molecule has 2 amide bonds. The highest BCUT2D eigenvalue weighted by Gasteiger charge is 2.23. The van der Waals surface area contributed by atoms with Crippen LogP contribution in [-0.2, 0) is 19.6 Å². The van der Waals surface area contributed by atoms with Crippen molar-refractivity contribution in [2.45, 2.75) is 31.1 Å². The molecular formula is C18H28N4O4S. The molecule has 1 unspecified atom stereocenters. The van der Waals surface area contributed by atoms with Crippen LogP contribution >= 0.6 is 0 Å². The molecule has 1 fully saturated rings. The summed E-state index contributed by atoms with van der Waals surface area (Å²) in [5.41, 5.74) is 0.513. The maximum atomic E-state index is 12.6. The largest absolute Gasteiger partial charge is 0.355 e. The lowest BCUT2D eigenvalue weighted by Gasteiger charge is -2.23. The van der Waals surface area contributed by atoms with Gasteiger partial charge in [-0.05, 0) is 62.5 Å². The molecule has 1 aliphatic rings. The molecule has 2 rings (SSSR count). The minimum absolute atomic E-state index is 0.0696. The Balaban J connectivity index is 1.84. The third-order valence-electron chi connectivity index (χ3n) is 4.52. The van der Waals surface area contributed by atoms with E-state index < -0.39 is 10.0 Å². The first kappa shape index (κ1) is 21.3. The number of piperidine rings is 1. The summed E-state index contributed by atoms with van der Waals surface area (Å²) < 4.78 is 26.2. The molecule has 8 nitrogen and oxygen atoms in total. The third-order valence-corrected chi connectivity index (χ3v) is 6.34. The van der Waals surface area contributed by atoms with Gasteiger partial charge in [-0.25, -0.2) is 8.42 Å². The standard InChI is InChI=1S/C18H28N4O4S/c1-14(23)21-16-5-7-17(8-6-16)27(25,26)22(2)13-18(24)20-11-9-15-4-3-10-19-12-15/h5-8,15,19H,3-4,9-13H2,1-2H3,(H,20,24)(H,21,23). The first-order chi connectivity index (χ1) is 12.8. The van der Waals surface area contributed by atoms with E-state index in [0.717, 1.165) is 36.7 Å². The molecule has 9 heteroatoms. The molecule has 1 saturated heterocycles. The maximum Gasteiger partial charge on any atom is 0.243 e. The first-order valence-corrected chi connectivity index (χ1v) is 10.5. The highest BCUT2D eigenvalue weighted by Crippen LogP contribution is 2.17. The van der Waals surface area contributed by atoms with Crippen molar-refractivity contribution < 1.29 is 18.0 Å². The lowest BCUT2D eigenvalue weighted by Crippen LogP contribution is -2.39. The Morgan fingerprint density at radius 2 is 1.96 bits per heavy atom. The molecule has 0 aromatic heterocycles. The van der Waals surface area contributed by atoms with Crippen molar-refractivity contribution in [3.63, 3.8) is 0 Å². The molecule has 0 bridgehead atoms. The number of anilines is 1. The summed E-state index contributed by atoms with van der Waals surface area (Å²) in [5.74, 6) is 0.00533. The van der Waals surface area contributed by atoms with Crippen molar-refractivity contribution in [1.29, 1.82) is 0 Å². The lowest BCUT2D eigenvalue weighted by molar-refractivity contribution is -0.121. The molecule has 0 spiro atoms. The van der Waals surface area contributed by atoms with Gasteiger partial charge in [0.15, 0.2) is 0 Å². The predicted molar refractivity (Wildman–Crippen MR) is 104 cm³/mol. The number of hydrogen-bond acceptors (Lipinski definition) is 5. The molecular weight excluding hydrogens is 368 g/mol. The van der Waals surface area contributed by atoms with Crippen LogP contribution in [0.15, 0.2) is 29.2 Å². The number of carbonyl (C=O) groups excluding carboxylic acids is 2. The van der Waals surface area contributed by atoms with Crippen LogP contribution in [0, 0.1) is 5.92 Å². The van der Waals surface area contributed by atoms with Crippen LogP contribution in [0.25, 0.3) is 0 Å². The number of rotatable bonds is 8. The number of likely N-dealkylation sites (N-methyl/N-ethyl adjacent to an activating group) is 1. The van der Waals surface area contributed by atoms with Gasteiger partial charge in [0, 0.05) is 26.2 Å². The van der Waals surface area contributed by atoms with Gasteiger partial charge in [0.25, 0.3) is 0 Å². The smallest absolute Gasteiger partial charge is 0.243 e. The minimum Gasteiger partial charge on any atom is -0.355 e. The Morgan fingerprint density at radius 1 is 1.26 bits per heavy atom. The molecule has 1 aromatic rings. The number of hydrogen-bond donors (Lipinski definition) is 3. The number of sulfonamides is 1. The van der Waals surface area contributed by atoms with E-state index in [0.29, 0.717) is 18.2 Å². The van der Waals surface area contributed by atoms with Gasteiger partial charge in [-0.2, -0.15) is 4.31 Å². The fourth-order valence-electron chi connectivity index (χ4n) is 3.02. The zero-order valence-electron chi connectivity index (χ0n) is 15.8. The molecule has 1 aromatic carbocycles. The van der Waals surface area contributed by atoms with Crippen LogP contribution in [0.2, 0.25) is 0 Å². The Morgan fingerprint density at radius 3 is 2.56 bits per heavy atom. The lowest BCUT2D eigenvalue weighted by atomic mass is 9.96. The Kier molecular flexibility index (Phi) is 7.76. The molecule has 1 aliphatic heterocycles. The number of benzene rings is 1. The average molecular weight is 397 g/mol. The van der Waals surface area contributed by atoms with Crippen LogP contribution in [0.5, 0.6) is 0 Å². The van der Waals surface area contributed by atoms with Crippen molar-refractivity contribution in [2.75, 3.05) is 38.5 Å². The quantitative estimate of drug-likeness (QED) is 0.602. The van der Waals surface area contributed by atoms with Crippen molar-refractivity contribution >= 4 is 27.5 Å². The highest BCUT2D eigenvalue weighted by molar-refractivity contribution is 7.89. The van der Waals surface area contributed by atoms with Crippen LogP contribution in [0.3, 0.4) is 0 Å². The SMILES string of the molecule is CC(=O)Nc1ccc(S(=O)(=O)N(C)CC(=O)NCCC2CCCNC2)cc1. The van der Waals surface area contributed by atoms with Gasteiger partial charge in [0.1, 0.15) is 0 Å². The molecule has 1 heterocycles. The zero-order valence-corrected chi connectivity index (χ0v) is 16.6. The van der Waals surface area contributed by atoms with E-state index in [1.54, 1.807) is 0 Å². The van der Waals surface area contributed by atoms with Crippen molar-refractivity contribution in [3.05, 3.63) is 24.3 Å². The first-order valence-electron chi connectivity index (χ1n) is 9.10. The van der Waals surface area contributed by atoms with E-state index >= 15 is 0 Å². The summed E-state index contributed by atoms with van der Waals surface area (Å²) in [6.07, 6.45) is 3.20. The average Bonchev–Trinajstić information content (AvgIpc) is 2.62. The molecule has 0 aliphatic carbocycles. The molecule has 0 saturated carbocycles. The highest BCUT2D eigenvalue weighted by atomic mass is 32.2. The number of amides is 2. The Labute approximate surface area is 160 Å². The summed E-state index contributed by atoms with van der Waals surface area (Å²) in [6, 6.07) is 5.84. The zero-order chi connectivity index (χ0) is 19.9. The summed E-state index contributed by atoms with van der Waals surface area (Å²) in [6.45, 7) is 3.71. The van der Waals surface area contributed by atoms with Crippen LogP contribution in [-0.4, -0.2) is 57.8 Å². The van der Waals surface area contributed by atoms with Crippen LogP contribution < -0.4 is 16.0 Å². The van der Waals surface area contributed by atoms with E-state index in [1.165, 1.54) is 38.2 Å². The summed E-state index contributed by atoms with van der Waals surface area (Å²) in [7, 11) is -2.40. The van der Waals surface area contributed by atoms with Gasteiger partial charge in [-0.1, -0.05) is 0 Å². The minimum atomic E-state index is -3.77. The van der Waals surface area contributed by atoms with Gasteiger partial charge in [-0.15, -0.1) is 0 Å². The second kappa shape index (κ2) is 9.82. The van der Waals surface area contributed by atoms with E-state index in [9.17, 15) is 18.0 Å². The van der Waals surface area contributed by atoms with E-state index in [2.05, 4.69) is 16.0 Å². The molecule has 0 radical (unpaired) electrons. The number of carbonyl (C=O) groups is 2. The summed E-state index contributed by atoms with van der Waals surface area (Å²) in [4.78, 5) is 23.2. The van der Waals surface area contributed by atoms with E-state index in [4.69, 9.17) is 0 Å². The second-order valence-corrected chi connectivity index (χ2v) is 8.86. The predicted octanol–water partition coefficient (Wildman–Crippen LogP) is 0.771. The topological polar surface area (TPSA) is 108 Å². The van der Waals surface area contributed by atoms with Crippen molar-refractivity contribution in [3.8, 4) is 0 Å². The Bertz CT molecular complexity index is 743. The van der Waals surface area contributed by atoms with Gasteiger partial charge in [-0.3, -0.25) is 9.59 Å². The van der Waals surface area contributed by atoms with Crippen LogP contribution in [0.4, 0.5) is 5.69 Å². The normalized spacial score (nSPS) is 17.5. The van der Waals surface area contributed by atoms with Crippen molar-refractivity contribution in [1.82, 2.24) is 14.9 Å². The van der Waals surface area contributed by atoms with Crippen LogP contribution in [0.1, 0.15) is 26.2 Å². The monoisotopic (exact) mass is 396 g/mol. The van der Waals surface area contributed by atoms with Gasteiger partial charge in [0.2, 0.25) is 21.8 Å². The molecule has 150 valence electrons. The van der Waals surface area contributed by atoms with Gasteiger partial charge in [0.05, 0.1) is 11.4 Å². The fourth-order valence-corrected chi connectivity index (χ4v) is 4.15. The second-order valence-electron chi connectivity index (χ2n) is 6.82. The van der Waals surface area contributed by atoms with Gasteiger partial charge < -0.3 is 16.0 Å².